The molecule has 0 N–H and O–H groups in total. The second-order valence-corrected chi connectivity index (χ2v) is 9.24. The third-order valence-corrected chi connectivity index (χ3v) is 7.58. The van der Waals surface area contributed by atoms with E-state index in [0.29, 0.717) is 39.1 Å². The van der Waals surface area contributed by atoms with Crippen LogP contribution in [0.2, 0.25) is 5.15 Å². The van der Waals surface area contributed by atoms with Gasteiger partial charge in [-0.15, -0.1) is 0 Å². The van der Waals surface area contributed by atoms with E-state index in [1.54, 1.807) is 6.07 Å². The molecule has 2 aliphatic heterocycles. The molecule has 1 aromatic rings. The molecule has 1 aromatic heterocycles. The maximum absolute atomic E-state index is 12.9. The molecule has 0 spiro atoms. The van der Waals surface area contributed by atoms with Crippen LogP contribution in [0.25, 0.3) is 0 Å². The van der Waals surface area contributed by atoms with Crippen molar-refractivity contribution in [2.75, 3.05) is 32.8 Å². The van der Waals surface area contributed by atoms with Crippen molar-refractivity contribution in [2.24, 2.45) is 5.92 Å². The highest BCUT2D eigenvalue weighted by Gasteiger charge is 2.36. The number of amides is 1. The summed E-state index contributed by atoms with van der Waals surface area (Å²) in [5, 5.41) is -0.0222. The first-order chi connectivity index (χ1) is 12.9. The first kappa shape index (κ1) is 20.5. The zero-order valence-electron chi connectivity index (χ0n) is 15.5. The van der Waals surface area contributed by atoms with E-state index in [0.717, 1.165) is 19.4 Å². The van der Waals surface area contributed by atoms with Crippen LogP contribution in [-0.2, 0) is 19.6 Å². The van der Waals surface area contributed by atoms with Crippen molar-refractivity contribution >= 4 is 27.5 Å². The van der Waals surface area contributed by atoms with E-state index in [4.69, 9.17) is 16.3 Å². The molecule has 2 aliphatic rings. The van der Waals surface area contributed by atoms with Crippen LogP contribution in [-0.4, -0.2) is 67.4 Å². The normalized spacial score (nSPS) is 22.7. The van der Waals surface area contributed by atoms with E-state index in [1.165, 1.54) is 16.6 Å². The van der Waals surface area contributed by atoms with Gasteiger partial charge in [-0.25, -0.2) is 13.4 Å². The summed E-state index contributed by atoms with van der Waals surface area (Å²) in [7, 11) is -3.69. The monoisotopic (exact) mass is 415 g/mol. The fourth-order valence-corrected chi connectivity index (χ4v) is 5.71. The molecule has 150 valence electrons. The van der Waals surface area contributed by atoms with Crippen molar-refractivity contribution in [1.29, 1.82) is 0 Å². The number of hydrogen-bond donors (Lipinski definition) is 0. The Balaban J connectivity index is 1.60. The lowest BCUT2D eigenvalue weighted by Crippen LogP contribution is -2.48. The van der Waals surface area contributed by atoms with Crippen LogP contribution in [0.4, 0.5) is 0 Å². The van der Waals surface area contributed by atoms with Gasteiger partial charge in [0.2, 0.25) is 15.9 Å². The number of sulfonamides is 1. The van der Waals surface area contributed by atoms with Gasteiger partial charge in [-0.1, -0.05) is 11.6 Å². The molecular formula is C18H26ClN3O4S. The summed E-state index contributed by atoms with van der Waals surface area (Å²) in [6.45, 7) is 4.63. The number of hydrogen-bond acceptors (Lipinski definition) is 5. The lowest BCUT2D eigenvalue weighted by molar-refractivity contribution is -0.140. The average Bonchev–Trinajstić information content (AvgIpc) is 2.68. The Morgan fingerprint density at radius 2 is 2.04 bits per heavy atom. The zero-order chi connectivity index (χ0) is 19.4. The lowest BCUT2D eigenvalue weighted by Gasteiger charge is -2.37. The van der Waals surface area contributed by atoms with E-state index in [2.05, 4.69) is 4.98 Å². The van der Waals surface area contributed by atoms with Crippen LogP contribution < -0.4 is 0 Å². The molecule has 27 heavy (non-hydrogen) atoms. The summed E-state index contributed by atoms with van der Waals surface area (Å²) >= 11 is 5.96. The largest absolute Gasteiger partial charge is 0.377 e. The summed E-state index contributed by atoms with van der Waals surface area (Å²) in [6, 6.07) is 3.02. The van der Waals surface area contributed by atoms with E-state index in [1.807, 2.05) is 11.8 Å². The first-order valence-corrected chi connectivity index (χ1v) is 11.3. The predicted octanol–water partition coefficient (Wildman–Crippen LogP) is 2.16. The Morgan fingerprint density at radius 1 is 1.30 bits per heavy atom. The van der Waals surface area contributed by atoms with Crippen molar-refractivity contribution in [3.05, 3.63) is 23.5 Å². The molecule has 2 saturated heterocycles. The van der Waals surface area contributed by atoms with Crippen LogP contribution in [0.3, 0.4) is 0 Å². The predicted molar refractivity (Wildman–Crippen MR) is 102 cm³/mol. The zero-order valence-corrected chi connectivity index (χ0v) is 17.1. The Hall–Kier alpha value is -1.22. The van der Waals surface area contributed by atoms with Crippen LogP contribution >= 0.6 is 11.6 Å². The molecule has 0 radical (unpaired) electrons. The van der Waals surface area contributed by atoms with Crippen molar-refractivity contribution in [3.63, 3.8) is 0 Å². The maximum Gasteiger partial charge on any atom is 0.246 e. The molecule has 1 atom stereocenters. The van der Waals surface area contributed by atoms with Gasteiger partial charge < -0.3 is 9.64 Å². The fraction of sp³-hybridized carbons (Fsp3) is 0.667. The van der Waals surface area contributed by atoms with Gasteiger partial charge in [-0.3, -0.25) is 4.79 Å². The summed E-state index contributed by atoms with van der Waals surface area (Å²) in [4.78, 5) is 18.6. The van der Waals surface area contributed by atoms with Crippen LogP contribution in [0.5, 0.6) is 0 Å². The molecule has 2 fully saturated rings. The van der Waals surface area contributed by atoms with Gasteiger partial charge in [0.05, 0.1) is 6.10 Å². The average molecular weight is 416 g/mol. The Morgan fingerprint density at radius 3 is 2.70 bits per heavy atom. The van der Waals surface area contributed by atoms with Crippen LogP contribution in [0, 0.1) is 5.92 Å². The minimum Gasteiger partial charge on any atom is -0.377 e. The number of likely N-dealkylation sites (tertiary alicyclic amines) is 1. The molecule has 7 nitrogen and oxygen atoms in total. The van der Waals surface area contributed by atoms with Gasteiger partial charge >= 0.3 is 0 Å². The number of nitrogens with zero attached hydrogens (tertiary/aromatic N) is 3. The van der Waals surface area contributed by atoms with E-state index in [-0.39, 0.29) is 28.0 Å². The van der Waals surface area contributed by atoms with Crippen molar-refractivity contribution in [2.45, 2.75) is 43.6 Å². The molecule has 1 amide bonds. The second kappa shape index (κ2) is 8.86. The Bertz CT molecular complexity index is 764. The van der Waals surface area contributed by atoms with Gasteiger partial charge in [0, 0.05) is 44.9 Å². The van der Waals surface area contributed by atoms with Gasteiger partial charge in [0.25, 0.3) is 0 Å². The first-order valence-electron chi connectivity index (χ1n) is 9.44. The van der Waals surface area contributed by atoms with Gasteiger partial charge in [0.15, 0.2) is 0 Å². The number of aromatic nitrogens is 1. The molecule has 3 rings (SSSR count). The molecule has 0 saturated carbocycles. The molecule has 0 aliphatic carbocycles. The minimum atomic E-state index is -3.69. The van der Waals surface area contributed by atoms with Crippen molar-refractivity contribution < 1.29 is 17.9 Å². The molecule has 0 bridgehead atoms. The smallest absolute Gasteiger partial charge is 0.246 e. The molecular weight excluding hydrogens is 390 g/mol. The lowest BCUT2D eigenvalue weighted by atomic mass is 9.95. The van der Waals surface area contributed by atoms with E-state index >= 15 is 0 Å². The molecule has 3 heterocycles. The van der Waals surface area contributed by atoms with Gasteiger partial charge in [-0.2, -0.15) is 4.31 Å². The quantitative estimate of drug-likeness (QED) is 0.688. The number of pyridine rings is 1. The highest BCUT2D eigenvalue weighted by atomic mass is 35.5. The highest BCUT2D eigenvalue weighted by Crippen LogP contribution is 2.28. The summed E-state index contributed by atoms with van der Waals surface area (Å²) in [5.41, 5.74) is 0. The second-order valence-electron chi connectivity index (χ2n) is 6.97. The number of piperidine rings is 2. The minimum absolute atomic E-state index is 0.0204. The van der Waals surface area contributed by atoms with E-state index < -0.39 is 10.0 Å². The maximum atomic E-state index is 12.9. The summed E-state index contributed by atoms with van der Waals surface area (Å²) in [6.07, 6.45) is 4.54. The fourth-order valence-electron chi connectivity index (χ4n) is 3.81. The molecule has 1 unspecified atom stereocenters. The number of carbonyl (C=O) groups is 1. The van der Waals surface area contributed by atoms with Crippen molar-refractivity contribution in [1.82, 2.24) is 14.2 Å². The number of carbonyl (C=O) groups excluding carboxylic acids is 1. The Kier molecular flexibility index (Phi) is 6.73. The highest BCUT2D eigenvalue weighted by molar-refractivity contribution is 7.89. The van der Waals surface area contributed by atoms with Crippen LogP contribution in [0.1, 0.15) is 32.6 Å². The molecule has 0 aromatic carbocycles. The SMILES string of the molecule is CCOC1CCCN(C(=O)C2CCN(S(=O)(=O)c3cccnc3Cl)CC2)C1. The number of ether oxygens (including phenoxy) is 1. The summed E-state index contributed by atoms with van der Waals surface area (Å²) in [5.74, 6) is -0.0166. The third-order valence-electron chi connectivity index (χ3n) is 5.24. The number of rotatable bonds is 5. The third kappa shape index (κ3) is 4.62. The summed E-state index contributed by atoms with van der Waals surface area (Å²) < 4.78 is 32.7. The van der Waals surface area contributed by atoms with Crippen molar-refractivity contribution in [3.8, 4) is 0 Å². The molecule has 9 heteroatoms. The number of halogens is 1. The Labute approximate surface area is 165 Å². The standard InChI is InChI=1S/C18H26ClN3O4S/c1-2-26-15-5-4-10-21(13-15)18(23)14-7-11-22(12-8-14)27(24,25)16-6-3-9-20-17(16)19/h3,6,9,14-15H,2,4-5,7-8,10-13H2,1H3. The topological polar surface area (TPSA) is 79.8 Å². The van der Waals surface area contributed by atoms with Crippen LogP contribution in [0.15, 0.2) is 23.2 Å². The van der Waals surface area contributed by atoms with Gasteiger partial charge in [-0.05, 0) is 44.7 Å². The van der Waals surface area contributed by atoms with Gasteiger partial charge in [0.1, 0.15) is 10.0 Å². The van der Waals surface area contributed by atoms with E-state index in [9.17, 15) is 13.2 Å².